The molecule has 10 heteroatoms. The van der Waals surface area contributed by atoms with E-state index in [-0.39, 0.29) is 48.7 Å². The highest BCUT2D eigenvalue weighted by Crippen LogP contribution is 2.14. The number of nitrogens with two attached hydrogens (primary N) is 3. The number of halogens is 3. The van der Waals surface area contributed by atoms with Gasteiger partial charge in [0.15, 0.2) is 0 Å². The second-order valence-electron chi connectivity index (χ2n) is 4.57. The molecule has 0 aromatic heterocycles. The van der Waals surface area contributed by atoms with Crippen LogP contribution in [0.3, 0.4) is 0 Å². The Hall–Kier alpha value is -2.48. The number of aliphatic imine (C=N–C) groups is 1. The van der Waals surface area contributed by atoms with E-state index in [4.69, 9.17) is 17.2 Å². The molecule has 0 fully saturated rings. The van der Waals surface area contributed by atoms with Gasteiger partial charge in [-0.2, -0.15) is 0 Å². The predicted molar refractivity (Wildman–Crippen MR) is 110 cm³/mol. The molecule has 25 heavy (non-hydrogen) atoms. The molecule has 0 spiro atoms. The van der Waals surface area contributed by atoms with Gasteiger partial charge in [0.25, 0.3) is 5.69 Å². The lowest BCUT2D eigenvalue weighted by Crippen LogP contribution is -2.13. The van der Waals surface area contributed by atoms with Crippen molar-refractivity contribution in [3.8, 4) is 0 Å². The zero-order valence-electron chi connectivity index (χ0n) is 12.9. The Kier molecular flexibility index (Phi) is 11.0. The van der Waals surface area contributed by atoms with Crippen LogP contribution in [0.15, 0.2) is 53.7 Å². The standard InChI is InChI=1S/C15H15N5O2.3ClH/c16-12-7-11(8-13(17)9-12)15(18)19-6-5-10-1-3-14(4-2-10)20(21)22;;;/h1-9H,16-17H2,(H2,18,19);3*1H. The van der Waals surface area contributed by atoms with Gasteiger partial charge < -0.3 is 17.2 Å². The van der Waals surface area contributed by atoms with Crippen molar-refractivity contribution in [3.05, 3.63) is 69.9 Å². The quantitative estimate of drug-likeness (QED) is 0.235. The Bertz CT molecular complexity index is 744. The fourth-order valence-electron chi connectivity index (χ4n) is 1.81. The smallest absolute Gasteiger partial charge is 0.269 e. The highest BCUT2D eigenvalue weighted by molar-refractivity contribution is 5.99. The van der Waals surface area contributed by atoms with Gasteiger partial charge in [-0.25, -0.2) is 4.99 Å². The van der Waals surface area contributed by atoms with Crippen LogP contribution in [0.5, 0.6) is 0 Å². The third kappa shape index (κ3) is 7.30. The van der Waals surface area contributed by atoms with Crippen LogP contribution in [0, 0.1) is 10.1 Å². The summed E-state index contributed by atoms with van der Waals surface area (Å²) in [4.78, 5) is 14.2. The van der Waals surface area contributed by atoms with E-state index in [1.54, 1.807) is 36.4 Å². The van der Waals surface area contributed by atoms with Gasteiger partial charge in [0.05, 0.1) is 4.92 Å². The van der Waals surface area contributed by atoms with Crippen molar-refractivity contribution in [2.24, 2.45) is 10.7 Å². The SMILES string of the molecule is Cl.Cl.Cl.NC(=NC=Cc1ccc([N+](=O)[O-])cc1)c1cc(N)cc(N)c1. The first-order chi connectivity index (χ1) is 10.5. The minimum atomic E-state index is -0.451. The third-order valence-corrected chi connectivity index (χ3v) is 2.86. The highest BCUT2D eigenvalue weighted by Gasteiger charge is 2.02. The van der Waals surface area contributed by atoms with E-state index < -0.39 is 4.92 Å². The first-order valence-electron chi connectivity index (χ1n) is 6.36. The maximum Gasteiger partial charge on any atom is 0.269 e. The van der Waals surface area contributed by atoms with E-state index >= 15 is 0 Å². The van der Waals surface area contributed by atoms with Crippen LogP contribution in [-0.2, 0) is 0 Å². The average Bonchev–Trinajstić information content (AvgIpc) is 2.46. The molecule has 0 aliphatic heterocycles. The van der Waals surface area contributed by atoms with Crippen molar-refractivity contribution < 1.29 is 4.92 Å². The molecular formula is C15H18Cl3N5O2. The summed E-state index contributed by atoms with van der Waals surface area (Å²) in [5.74, 6) is 0.275. The van der Waals surface area contributed by atoms with Gasteiger partial charge >= 0.3 is 0 Å². The number of nitro benzene ring substituents is 1. The van der Waals surface area contributed by atoms with E-state index in [1.165, 1.54) is 18.3 Å². The number of hydrogen-bond acceptors (Lipinski definition) is 5. The maximum absolute atomic E-state index is 10.6. The first-order valence-corrected chi connectivity index (χ1v) is 6.36. The van der Waals surface area contributed by atoms with E-state index in [0.717, 1.165) is 5.56 Å². The number of hydrogen-bond donors (Lipinski definition) is 3. The Balaban J connectivity index is 0. The molecule has 0 atom stereocenters. The zero-order valence-corrected chi connectivity index (χ0v) is 15.3. The van der Waals surface area contributed by atoms with E-state index in [0.29, 0.717) is 16.9 Å². The minimum Gasteiger partial charge on any atom is -0.399 e. The Labute approximate surface area is 163 Å². The molecule has 0 heterocycles. The van der Waals surface area contributed by atoms with Crippen molar-refractivity contribution in [1.82, 2.24) is 0 Å². The predicted octanol–water partition coefficient (Wildman–Crippen LogP) is 3.40. The fourth-order valence-corrected chi connectivity index (χ4v) is 1.81. The van der Waals surface area contributed by atoms with Gasteiger partial charge in [0.2, 0.25) is 0 Å². The summed E-state index contributed by atoms with van der Waals surface area (Å²) in [6.45, 7) is 0. The van der Waals surface area contributed by atoms with Gasteiger partial charge in [-0.3, -0.25) is 10.1 Å². The summed E-state index contributed by atoms with van der Waals surface area (Å²) < 4.78 is 0. The molecule has 0 unspecified atom stereocenters. The minimum absolute atomic E-state index is 0. The van der Waals surface area contributed by atoms with Gasteiger partial charge in [0.1, 0.15) is 5.84 Å². The zero-order chi connectivity index (χ0) is 16.1. The summed E-state index contributed by atoms with van der Waals surface area (Å²) in [6, 6.07) is 11.1. The highest BCUT2D eigenvalue weighted by atomic mass is 35.5. The van der Waals surface area contributed by atoms with E-state index in [2.05, 4.69) is 4.99 Å². The normalized spacial score (nSPS) is 10.3. The molecule has 2 aromatic rings. The van der Waals surface area contributed by atoms with Crippen molar-refractivity contribution in [3.63, 3.8) is 0 Å². The lowest BCUT2D eigenvalue weighted by molar-refractivity contribution is -0.384. The molecule has 0 aliphatic carbocycles. The number of rotatable bonds is 4. The van der Waals surface area contributed by atoms with E-state index in [9.17, 15) is 10.1 Å². The number of nitrogens with zero attached hydrogens (tertiary/aromatic N) is 2. The number of non-ortho nitro benzene ring substituents is 1. The van der Waals surface area contributed by atoms with Gasteiger partial charge in [-0.1, -0.05) is 0 Å². The molecule has 0 radical (unpaired) electrons. The number of nitrogen functional groups attached to an aromatic ring is 2. The summed E-state index contributed by atoms with van der Waals surface area (Å²) in [5.41, 5.74) is 19.7. The molecule has 0 amide bonds. The molecule has 0 aliphatic rings. The molecule has 6 N–H and O–H groups in total. The number of nitro groups is 1. The number of anilines is 2. The van der Waals surface area contributed by atoms with Crippen LogP contribution in [0.25, 0.3) is 6.08 Å². The lowest BCUT2D eigenvalue weighted by atomic mass is 10.1. The maximum atomic E-state index is 10.6. The first kappa shape index (κ1) is 24.8. The summed E-state index contributed by atoms with van der Waals surface area (Å²) in [5, 5.41) is 10.6. The summed E-state index contributed by atoms with van der Waals surface area (Å²) >= 11 is 0. The Morgan fingerprint density at radius 2 is 1.52 bits per heavy atom. The fraction of sp³-hybridized carbons (Fsp3) is 0. The van der Waals surface area contributed by atoms with Crippen LogP contribution in [0.1, 0.15) is 11.1 Å². The van der Waals surface area contributed by atoms with Crippen molar-refractivity contribution >= 4 is 66.2 Å². The molecule has 0 saturated heterocycles. The summed E-state index contributed by atoms with van der Waals surface area (Å²) in [6.07, 6.45) is 3.20. The van der Waals surface area contributed by atoms with Crippen LogP contribution in [-0.4, -0.2) is 10.8 Å². The molecule has 2 aromatic carbocycles. The van der Waals surface area contributed by atoms with E-state index in [1.807, 2.05) is 0 Å². The van der Waals surface area contributed by atoms with Crippen LogP contribution >= 0.6 is 37.2 Å². The van der Waals surface area contributed by atoms with Crippen LogP contribution < -0.4 is 17.2 Å². The second kappa shape index (κ2) is 11.1. The molecule has 2 rings (SSSR count). The van der Waals surface area contributed by atoms with Crippen LogP contribution in [0.4, 0.5) is 17.1 Å². The van der Waals surface area contributed by atoms with Gasteiger partial charge in [0, 0.05) is 35.3 Å². The number of amidine groups is 1. The molecule has 136 valence electrons. The Morgan fingerprint density at radius 3 is 2.00 bits per heavy atom. The molecule has 0 bridgehead atoms. The lowest BCUT2D eigenvalue weighted by Gasteiger charge is -2.03. The van der Waals surface area contributed by atoms with Gasteiger partial charge in [-0.15, -0.1) is 37.2 Å². The molecule has 0 saturated carbocycles. The molecular weight excluding hydrogens is 389 g/mol. The van der Waals surface area contributed by atoms with Gasteiger partial charge in [-0.05, 0) is 42.0 Å². The van der Waals surface area contributed by atoms with Crippen molar-refractivity contribution in [1.29, 1.82) is 0 Å². The largest absolute Gasteiger partial charge is 0.399 e. The molecule has 7 nitrogen and oxygen atoms in total. The average molecular weight is 407 g/mol. The van der Waals surface area contributed by atoms with Crippen molar-refractivity contribution in [2.45, 2.75) is 0 Å². The monoisotopic (exact) mass is 405 g/mol. The topological polar surface area (TPSA) is 134 Å². The summed E-state index contributed by atoms with van der Waals surface area (Å²) in [7, 11) is 0. The Morgan fingerprint density at radius 1 is 1.00 bits per heavy atom. The second-order valence-corrected chi connectivity index (χ2v) is 4.57. The van der Waals surface area contributed by atoms with Crippen molar-refractivity contribution in [2.75, 3.05) is 11.5 Å². The number of benzene rings is 2. The van der Waals surface area contributed by atoms with Crippen LogP contribution in [0.2, 0.25) is 0 Å². The third-order valence-electron chi connectivity index (χ3n) is 2.86.